The van der Waals surface area contributed by atoms with Gasteiger partial charge >= 0.3 is 18.2 Å². The highest BCUT2D eigenvalue weighted by atomic mass is 32.2. The molecule has 0 amide bonds. The minimum Gasteiger partial charge on any atom is -0.443 e. The third-order valence-corrected chi connectivity index (χ3v) is 6.17. The smallest absolute Gasteiger partial charge is 0.443 e. The minimum absolute atomic E-state index is 0.149. The van der Waals surface area contributed by atoms with Crippen molar-refractivity contribution < 1.29 is 40.7 Å². The average molecular weight is 514 g/mol. The van der Waals surface area contributed by atoms with Crippen LogP contribution >= 0.6 is 0 Å². The number of fused-ring (bicyclic) bond motifs is 1. The summed E-state index contributed by atoms with van der Waals surface area (Å²) in [7, 11) is -4.04. The van der Waals surface area contributed by atoms with Gasteiger partial charge in [0.05, 0.1) is 18.0 Å². The van der Waals surface area contributed by atoms with Crippen LogP contribution in [0.15, 0.2) is 59.6 Å². The number of hydrogen-bond donors (Lipinski definition) is 1. The molecule has 186 valence electrons. The molecule has 1 aromatic heterocycles. The van der Waals surface area contributed by atoms with Gasteiger partial charge in [-0.3, -0.25) is 9.29 Å². The number of anilines is 1. The summed E-state index contributed by atoms with van der Waals surface area (Å²) in [4.78, 5) is 13.7. The van der Waals surface area contributed by atoms with E-state index in [1.54, 1.807) is 12.1 Å². The molecule has 0 fully saturated rings. The molecule has 2 heterocycles. The molecule has 0 saturated heterocycles. The van der Waals surface area contributed by atoms with E-state index < -0.39 is 27.1 Å². The van der Waals surface area contributed by atoms with E-state index >= 15 is 0 Å². The zero-order valence-electron chi connectivity index (χ0n) is 17.6. The maximum atomic E-state index is 12.5. The molecule has 1 aliphatic rings. The average Bonchev–Trinajstić information content (AvgIpc) is 3.22. The van der Waals surface area contributed by atoms with Crippen LogP contribution in [-0.4, -0.2) is 42.0 Å². The maximum absolute atomic E-state index is 12.5. The first-order valence-corrected chi connectivity index (χ1v) is 11.4. The SMILES string of the molecule is O=[N+]([O-])c1cn2c(n1)OC[C@@H](OCc1ccc(NS(=O)(=O)c3ccc(OC(F)(F)F)cc3)cc1)C2. The standard InChI is InChI=1S/C20H17F3N4O7S/c21-20(22,23)34-15-5-7-17(8-6-15)35(30,31)25-14-3-1-13(2-4-14)11-32-16-9-26-10-18(27(28)29)24-19(26)33-12-16/h1-8,10,16,25H,9,11-12H2/t16-/m0/s1. The monoisotopic (exact) mass is 514 g/mol. The first-order chi connectivity index (χ1) is 16.5. The number of ether oxygens (including phenoxy) is 3. The normalized spacial score (nSPS) is 15.7. The summed E-state index contributed by atoms with van der Waals surface area (Å²) in [5.41, 5.74) is 0.963. The lowest BCUT2D eigenvalue weighted by Crippen LogP contribution is -2.32. The molecule has 0 saturated carbocycles. The quantitative estimate of drug-likeness (QED) is 0.357. The zero-order valence-corrected chi connectivity index (χ0v) is 18.5. The van der Waals surface area contributed by atoms with Crippen molar-refractivity contribution in [3.05, 3.63) is 70.4 Å². The summed E-state index contributed by atoms with van der Waals surface area (Å²) in [6.45, 7) is 0.660. The molecule has 3 aromatic rings. The van der Waals surface area contributed by atoms with Gasteiger partial charge in [-0.05, 0) is 46.9 Å². The van der Waals surface area contributed by atoms with Crippen molar-refractivity contribution in [2.75, 3.05) is 11.3 Å². The molecular weight excluding hydrogens is 497 g/mol. The molecule has 1 atom stereocenters. The number of imidazole rings is 1. The van der Waals surface area contributed by atoms with Gasteiger partial charge in [0.2, 0.25) is 0 Å². The Morgan fingerprint density at radius 2 is 1.86 bits per heavy atom. The van der Waals surface area contributed by atoms with Gasteiger partial charge in [-0.15, -0.1) is 13.2 Å². The van der Waals surface area contributed by atoms with Gasteiger partial charge in [-0.1, -0.05) is 12.1 Å². The highest BCUT2D eigenvalue weighted by molar-refractivity contribution is 7.92. The van der Waals surface area contributed by atoms with E-state index in [1.807, 2.05) is 0 Å². The molecule has 0 unspecified atom stereocenters. The van der Waals surface area contributed by atoms with Crippen molar-refractivity contribution in [3.63, 3.8) is 0 Å². The van der Waals surface area contributed by atoms with Crippen molar-refractivity contribution in [2.24, 2.45) is 0 Å². The molecule has 1 aliphatic heterocycles. The summed E-state index contributed by atoms with van der Waals surface area (Å²) >= 11 is 0. The minimum atomic E-state index is -4.88. The van der Waals surface area contributed by atoms with E-state index in [9.17, 15) is 31.7 Å². The second-order valence-electron chi connectivity index (χ2n) is 7.36. The van der Waals surface area contributed by atoms with Crippen LogP contribution < -0.4 is 14.2 Å². The van der Waals surface area contributed by atoms with Crippen molar-refractivity contribution in [3.8, 4) is 11.8 Å². The van der Waals surface area contributed by atoms with Gasteiger partial charge in [-0.25, -0.2) is 8.42 Å². The van der Waals surface area contributed by atoms with Crippen LogP contribution in [0, 0.1) is 10.1 Å². The molecule has 0 spiro atoms. The molecule has 15 heteroatoms. The molecule has 11 nitrogen and oxygen atoms in total. The summed E-state index contributed by atoms with van der Waals surface area (Å²) in [6.07, 6.45) is -3.99. The molecule has 0 radical (unpaired) electrons. The number of rotatable bonds is 8. The number of hydrogen-bond acceptors (Lipinski definition) is 8. The van der Waals surface area contributed by atoms with E-state index in [-0.39, 0.29) is 41.7 Å². The second kappa shape index (κ2) is 9.42. The van der Waals surface area contributed by atoms with Crippen molar-refractivity contribution in [1.82, 2.24) is 9.55 Å². The molecule has 4 rings (SSSR count). The van der Waals surface area contributed by atoms with E-state index in [4.69, 9.17) is 9.47 Å². The van der Waals surface area contributed by atoms with Crippen molar-refractivity contribution >= 4 is 21.5 Å². The van der Waals surface area contributed by atoms with E-state index in [0.29, 0.717) is 6.54 Å². The Labute approximate surface area is 196 Å². The molecular formula is C20H17F3N4O7S. The van der Waals surface area contributed by atoms with Gasteiger partial charge in [0.25, 0.3) is 10.0 Å². The van der Waals surface area contributed by atoms with Crippen LogP contribution in [0.5, 0.6) is 11.8 Å². The predicted octanol–water partition coefficient (Wildman–Crippen LogP) is 3.47. The number of halogens is 3. The lowest BCUT2D eigenvalue weighted by Gasteiger charge is -2.22. The second-order valence-corrected chi connectivity index (χ2v) is 9.04. The van der Waals surface area contributed by atoms with Crippen LogP contribution in [0.2, 0.25) is 0 Å². The molecule has 0 bridgehead atoms. The number of aromatic nitrogens is 2. The molecule has 2 aromatic carbocycles. The largest absolute Gasteiger partial charge is 0.573 e. The van der Waals surface area contributed by atoms with E-state index in [0.717, 1.165) is 29.8 Å². The number of nitrogens with zero attached hydrogens (tertiary/aromatic N) is 3. The van der Waals surface area contributed by atoms with Crippen LogP contribution in [0.25, 0.3) is 0 Å². The number of alkyl halides is 3. The topological polar surface area (TPSA) is 135 Å². The third-order valence-electron chi connectivity index (χ3n) is 4.77. The van der Waals surface area contributed by atoms with E-state index in [2.05, 4.69) is 14.4 Å². The van der Waals surface area contributed by atoms with Crippen LogP contribution in [0.4, 0.5) is 24.7 Å². The van der Waals surface area contributed by atoms with E-state index in [1.165, 1.54) is 22.9 Å². The fourth-order valence-electron chi connectivity index (χ4n) is 3.18. The van der Waals surface area contributed by atoms with Gasteiger partial charge in [0.15, 0.2) is 0 Å². The highest BCUT2D eigenvalue weighted by Gasteiger charge is 2.31. The maximum Gasteiger partial charge on any atom is 0.573 e. The van der Waals surface area contributed by atoms with Gasteiger partial charge in [0.1, 0.15) is 24.7 Å². The van der Waals surface area contributed by atoms with Crippen LogP contribution in [0.3, 0.4) is 0 Å². The zero-order chi connectivity index (χ0) is 25.2. The summed E-state index contributed by atoms with van der Waals surface area (Å²) in [5.74, 6) is -0.851. The number of benzene rings is 2. The Morgan fingerprint density at radius 3 is 2.49 bits per heavy atom. The summed E-state index contributed by atoms with van der Waals surface area (Å²) in [5, 5.41) is 10.8. The Hall–Kier alpha value is -3.85. The molecule has 1 N–H and O–H groups in total. The summed E-state index contributed by atoms with van der Waals surface area (Å²) in [6, 6.07) is 10.2. The van der Waals surface area contributed by atoms with Crippen LogP contribution in [0.1, 0.15) is 5.56 Å². The molecule has 35 heavy (non-hydrogen) atoms. The number of nitrogens with one attached hydrogen (secondary N) is 1. The fraction of sp³-hybridized carbons (Fsp3) is 0.250. The predicted molar refractivity (Wildman–Crippen MR) is 113 cm³/mol. The first kappa shape index (κ1) is 24.3. The third kappa shape index (κ3) is 6.19. The van der Waals surface area contributed by atoms with Crippen molar-refractivity contribution in [2.45, 2.75) is 30.5 Å². The summed E-state index contributed by atoms with van der Waals surface area (Å²) < 4.78 is 80.5. The van der Waals surface area contributed by atoms with Gasteiger partial charge in [-0.2, -0.15) is 0 Å². The van der Waals surface area contributed by atoms with Gasteiger partial charge in [0, 0.05) is 10.7 Å². The van der Waals surface area contributed by atoms with Crippen LogP contribution in [-0.2, 0) is 27.9 Å². The van der Waals surface area contributed by atoms with Gasteiger partial charge < -0.3 is 24.3 Å². The Morgan fingerprint density at radius 1 is 1.17 bits per heavy atom. The molecule has 0 aliphatic carbocycles. The first-order valence-electron chi connectivity index (χ1n) is 9.92. The number of sulfonamides is 1. The fourth-order valence-corrected chi connectivity index (χ4v) is 4.24. The Balaban J connectivity index is 1.32. The lowest BCUT2D eigenvalue weighted by molar-refractivity contribution is -0.389. The number of nitro groups is 1. The highest BCUT2D eigenvalue weighted by Crippen LogP contribution is 2.26. The van der Waals surface area contributed by atoms with Crippen molar-refractivity contribution in [1.29, 1.82) is 0 Å². The lowest BCUT2D eigenvalue weighted by atomic mass is 10.2. The Bertz CT molecular complexity index is 1310. The Kier molecular flexibility index (Phi) is 6.53.